The van der Waals surface area contributed by atoms with Crippen LogP contribution < -0.4 is 10.6 Å². The summed E-state index contributed by atoms with van der Waals surface area (Å²) in [7, 11) is 0. The van der Waals surface area contributed by atoms with E-state index in [0.717, 1.165) is 12.0 Å². The molecule has 0 aromatic heterocycles. The summed E-state index contributed by atoms with van der Waals surface area (Å²) in [6.45, 7) is 5.55. The van der Waals surface area contributed by atoms with Crippen LogP contribution in [0.5, 0.6) is 0 Å². The van der Waals surface area contributed by atoms with Gasteiger partial charge in [-0.15, -0.1) is 0 Å². The van der Waals surface area contributed by atoms with Crippen LogP contribution in [0.4, 0.5) is 0 Å². The molecule has 1 unspecified atom stereocenters. The molecule has 0 radical (unpaired) electrons. The fraction of sp³-hybridized carbons (Fsp3) is 0.526. The van der Waals surface area contributed by atoms with E-state index in [9.17, 15) is 14.4 Å². The number of carbonyl (C=O) groups is 3. The van der Waals surface area contributed by atoms with E-state index in [2.05, 4.69) is 10.6 Å². The molecule has 0 aliphatic heterocycles. The van der Waals surface area contributed by atoms with Crippen molar-refractivity contribution in [2.24, 2.45) is 5.92 Å². The van der Waals surface area contributed by atoms with Crippen LogP contribution in [-0.4, -0.2) is 35.5 Å². The zero-order valence-electron chi connectivity index (χ0n) is 15.1. The maximum atomic E-state index is 12.4. The predicted molar refractivity (Wildman–Crippen MR) is 96.1 cm³/mol. The van der Waals surface area contributed by atoms with Crippen LogP contribution >= 0.6 is 0 Å². The summed E-state index contributed by atoms with van der Waals surface area (Å²) < 4.78 is 0. The molecule has 2 atom stereocenters. The molecule has 0 aliphatic rings. The SMILES string of the molecule is CCCC(C(=O)NCC(=O)N[C@@H](CC(C)C)C(=O)O)c1ccccc1. The third-order valence-corrected chi connectivity index (χ3v) is 3.86. The molecule has 6 nitrogen and oxygen atoms in total. The highest BCUT2D eigenvalue weighted by molar-refractivity contribution is 5.90. The monoisotopic (exact) mass is 348 g/mol. The highest BCUT2D eigenvalue weighted by Crippen LogP contribution is 2.21. The fourth-order valence-electron chi connectivity index (χ4n) is 2.65. The van der Waals surface area contributed by atoms with Gasteiger partial charge in [-0.2, -0.15) is 0 Å². The third kappa shape index (κ3) is 7.37. The Kier molecular flexibility index (Phi) is 8.67. The largest absolute Gasteiger partial charge is 0.480 e. The molecule has 3 N–H and O–H groups in total. The number of hydrogen-bond donors (Lipinski definition) is 3. The van der Waals surface area contributed by atoms with E-state index < -0.39 is 17.9 Å². The Morgan fingerprint density at radius 2 is 1.76 bits per heavy atom. The molecule has 6 heteroatoms. The Hall–Kier alpha value is -2.37. The first kappa shape index (κ1) is 20.7. The van der Waals surface area contributed by atoms with E-state index in [-0.39, 0.29) is 24.3 Å². The second-order valence-electron chi connectivity index (χ2n) is 6.56. The summed E-state index contributed by atoms with van der Waals surface area (Å²) in [6, 6.07) is 8.48. The van der Waals surface area contributed by atoms with Gasteiger partial charge in [-0.3, -0.25) is 9.59 Å². The number of carboxylic acids is 1. The molecular weight excluding hydrogens is 320 g/mol. The van der Waals surface area contributed by atoms with Crippen LogP contribution in [0.3, 0.4) is 0 Å². The maximum Gasteiger partial charge on any atom is 0.326 e. The fourth-order valence-corrected chi connectivity index (χ4v) is 2.65. The predicted octanol–water partition coefficient (Wildman–Crippen LogP) is 2.30. The van der Waals surface area contributed by atoms with Crippen molar-refractivity contribution in [1.82, 2.24) is 10.6 Å². The first-order chi connectivity index (χ1) is 11.8. The Bertz CT molecular complexity index is 572. The molecule has 0 saturated carbocycles. The Morgan fingerprint density at radius 3 is 2.28 bits per heavy atom. The van der Waals surface area contributed by atoms with Crippen molar-refractivity contribution in [1.29, 1.82) is 0 Å². The van der Waals surface area contributed by atoms with Crippen molar-refractivity contribution >= 4 is 17.8 Å². The number of aliphatic carboxylic acids is 1. The lowest BCUT2D eigenvalue weighted by atomic mass is 9.93. The standard InChI is InChI=1S/C19H28N2O4/c1-4-8-15(14-9-6-5-7-10-14)18(23)20-12-17(22)21-16(19(24)25)11-13(2)3/h5-7,9-10,13,15-16H,4,8,11-12H2,1-3H3,(H,20,23)(H,21,22)(H,24,25)/t15?,16-/m0/s1. The summed E-state index contributed by atoms with van der Waals surface area (Å²) in [5, 5.41) is 14.2. The number of hydrogen-bond acceptors (Lipinski definition) is 3. The van der Waals surface area contributed by atoms with Gasteiger partial charge in [0.05, 0.1) is 12.5 Å². The molecule has 2 amide bonds. The zero-order chi connectivity index (χ0) is 18.8. The van der Waals surface area contributed by atoms with E-state index in [4.69, 9.17) is 5.11 Å². The molecule has 1 rings (SSSR count). The van der Waals surface area contributed by atoms with Gasteiger partial charge in [0, 0.05) is 0 Å². The number of nitrogens with one attached hydrogen (secondary N) is 2. The van der Waals surface area contributed by atoms with Gasteiger partial charge in [0.15, 0.2) is 0 Å². The van der Waals surface area contributed by atoms with Gasteiger partial charge in [-0.25, -0.2) is 4.79 Å². The minimum atomic E-state index is -1.07. The Labute approximate surface area is 149 Å². The van der Waals surface area contributed by atoms with E-state index in [1.807, 2.05) is 51.1 Å². The molecule has 0 spiro atoms. The molecule has 0 aliphatic carbocycles. The molecule has 138 valence electrons. The van der Waals surface area contributed by atoms with Crippen molar-refractivity contribution in [2.45, 2.75) is 52.0 Å². The van der Waals surface area contributed by atoms with Crippen LogP contribution in [0, 0.1) is 5.92 Å². The van der Waals surface area contributed by atoms with Crippen molar-refractivity contribution in [2.75, 3.05) is 6.54 Å². The summed E-state index contributed by atoms with van der Waals surface area (Å²) in [4.78, 5) is 35.6. The van der Waals surface area contributed by atoms with Gasteiger partial charge in [0.25, 0.3) is 0 Å². The number of amides is 2. The third-order valence-electron chi connectivity index (χ3n) is 3.86. The van der Waals surface area contributed by atoms with Crippen LogP contribution in [0.15, 0.2) is 30.3 Å². The summed E-state index contributed by atoms with van der Waals surface area (Å²) in [5.41, 5.74) is 0.908. The minimum Gasteiger partial charge on any atom is -0.480 e. The molecule has 0 fully saturated rings. The average Bonchev–Trinajstić information content (AvgIpc) is 2.57. The second-order valence-corrected chi connectivity index (χ2v) is 6.56. The first-order valence-corrected chi connectivity index (χ1v) is 8.70. The molecular formula is C19H28N2O4. The van der Waals surface area contributed by atoms with E-state index in [1.54, 1.807) is 0 Å². The van der Waals surface area contributed by atoms with Crippen molar-refractivity contribution in [3.63, 3.8) is 0 Å². The molecule has 1 aromatic carbocycles. The number of carbonyl (C=O) groups excluding carboxylic acids is 2. The van der Waals surface area contributed by atoms with Crippen molar-refractivity contribution in [3.05, 3.63) is 35.9 Å². The lowest BCUT2D eigenvalue weighted by Crippen LogP contribution is -2.46. The summed E-state index contributed by atoms with van der Waals surface area (Å²) in [6.07, 6.45) is 1.87. The zero-order valence-corrected chi connectivity index (χ0v) is 15.1. The molecule has 0 saturated heterocycles. The number of rotatable bonds is 10. The highest BCUT2D eigenvalue weighted by Gasteiger charge is 2.23. The molecule has 1 aromatic rings. The van der Waals surface area contributed by atoms with Gasteiger partial charge in [-0.05, 0) is 24.3 Å². The normalized spacial score (nSPS) is 13.1. The topological polar surface area (TPSA) is 95.5 Å². The van der Waals surface area contributed by atoms with Crippen LogP contribution in [-0.2, 0) is 14.4 Å². The average molecular weight is 348 g/mol. The number of benzene rings is 1. The summed E-state index contributed by atoms with van der Waals surface area (Å²) >= 11 is 0. The molecule has 25 heavy (non-hydrogen) atoms. The van der Waals surface area contributed by atoms with Gasteiger partial charge < -0.3 is 15.7 Å². The van der Waals surface area contributed by atoms with Gasteiger partial charge >= 0.3 is 5.97 Å². The summed E-state index contributed by atoms with van der Waals surface area (Å²) in [5.74, 6) is -1.96. The quantitative estimate of drug-likeness (QED) is 0.604. The smallest absolute Gasteiger partial charge is 0.326 e. The van der Waals surface area contributed by atoms with Crippen molar-refractivity contribution < 1.29 is 19.5 Å². The van der Waals surface area contributed by atoms with Crippen LogP contribution in [0.1, 0.15) is 51.5 Å². The van der Waals surface area contributed by atoms with E-state index in [1.165, 1.54) is 0 Å². The van der Waals surface area contributed by atoms with E-state index in [0.29, 0.717) is 12.8 Å². The Morgan fingerprint density at radius 1 is 1.12 bits per heavy atom. The van der Waals surface area contributed by atoms with E-state index >= 15 is 0 Å². The second kappa shape index (κ2) is 10.5. The maximum absolute atomic E-state index is 12.4. The lowest BCUT2D eigenvalue weighted by Gasteiger charge is -2.18. The highest BCUT2D eigenvalue weighted by atomic mass is 16.4. The van der Waals surface area contributed by atoms with Gasteiger partial charge in [0.2, 0.25) is 11.8 Å². The van der Waals surface area contributed by atoms with Gasteiger partial charge in [0.1, 0.15) is 6.04 Å². The first-order valence-electron chi connectivity index (χ1n) is 8.70. The number of carboxylic acid groups (broad SMARTS) is 1. The molecule has 0 heterocycles. The Balaban J connectivity index is 2.60. The minimum absolute atomic E-state index is 0.142. The molecule has 0 bridgehead atoms. The van der Waals surface area contributed by atoms with Crippen LogP contribution in [0.2, 0.25) is 0 Å². The lowest BCUT2D eigenvalue weighted by molar-refractivity contribution is -0.142. The van der Waals surface area contributed by atoms with Crippen molar-refractivity contribution in [3.8, 4) is 0 Å². The van der Waals surface area contributed by atoms with Crippen LogP contribution in [0.25, 0.3) is 0 Å². The van der Waals surface area contributed by atoms with Gasteiger partial charge in [-0.1, -0.05) is 57.5 Å².